The Morgan fingerprint density at radius 2 is 2.00 bits per heavy atom. The molecule has 168 valence electrons. The third-order valence-corrected chi connectivity index (χ3v) is 5.24. The maximum atomic E-state index is 14.0. The summed E-state index contributed by atoms with van der Waals surface area (Å²) in [6.07, 6.45) is 8.52. The summed E-state index contributed by atoms with van der Waals surface area (Å²) < 4.78 is 27.6. The van der Waals surface area contributed by atoms with E-state index in [9.17, 15) is 9.18 Å². The van der Waals surface area contributed by atoms with Gasteiger partial charge in [-0.1, -0.05) is 18.2 Å². The Hall–Kier alpha value is -3.92. The van der Waals surface area contributed by atoms with E-state index in [0.717, 1.165) is 16.8 Å². The molecule has 0 unspecified atom stereocenters. The molecule has 3 aromatic heterocycles. The van der Waals surface area contributed by atoms with Gasteiger partial charge >= 0.3 is 0 Å². The van der Waals surface area contributed by atoms with Gasteiger partial charge in [-0.05, 0) is 11.6 Å². The zero-order chi connectivity index (χ0) is 22.8. The lowest BCUT2D eigenvalue weighted by atomic mass is 10.1. The molecule has 1 fully saturated rings. The molecule has 0 aliphatic carbocycles. The van der Waals surface area contributed by atoms with Gasteiger partial charge in [-0.3, -0.25) is 9.48 Å². The average Bonchev–Trinajstić information content (AvgIpc) is 3.25. The molecule has 0 N–H and O–H groups in total. The van der Waals surface area contributed by atoms with Crippen molar-refractivity contribution in [2.75, 3.05) is 19.8 Å². The molecule has 0 spiro atoms. The molecule has 0 atom stereocenters. The Bertz CT molecular complexity index is 1330. The van der Waals surface area contributed by atoms with E-state index >= 15 is 0 Å². The van der Waals surface area contributed by atoms with Crippen LogP contribution in [0.15, 0.2) is 66.1 Å². The number of hydrogen-bond donors (Lipinski definition) is 0. The van der Waals surface area contributed by atoms with Crippen LogP contribution in [0.4, 0.5) is 4.39 Å². The zero-order valence-electron chi connectivity index (χ0n) is 17.9. The first kappa shape index (κ1) is 21.0. The quantitative estimate of drug-likeness (QED) is 0.427. The molecule has 0 saturated carbocycles. The van der Waals surface area contributed by atoms with Crippen LogP contribution >= 0.6 is 0 Å². The monoisotopic (exact) mass is 448 g/mol. The summed E-state index contributed by atoms with van der Waals surface area (Å²) in [5, 5.41) is 8.62. The fraction of sp³-hybridized carbons (Fsp3) is 0.261. The highest BCUT2D eigenvalue weighted by Crippen LogP contribution is 2.24. The SMILES string of the molecule is Cn1cc(-n2ccc(=O)c(Cc3cccc(-c4ncc(OCC5(F)COC5)cn4)c3)n2)cn1. The summed E-state index contributed by atoms with van der Waals surface area (Å²) in [5.41, 5.74) is 1.30. The number of halogens is 1. The summed E-state index contributed by atoms with van der Waals surface area (Å²) in [5.74, 6) is 0.892. The number of aryl methyl sites for hydroxylation is 1. The number of ether oxygens (including phenoxy) is 2. The van der Waals surface area contributed by atoms with E-state index < -0.39 is 5.67 Å². The predicted octanol–water partition coefficient (Wildman–Crippen LogP) is 2.13. The molecule has 9 nitrogen and oxygen atoms in total. The van der Waals surface area contributed by atoms with Crippen molar-refractivity contribution < 1.29 is 13.9 Å². The van der Waals surface area contributed by atoms with Gasteiger partial charge in [-0.2, -0.15) is 10.2 Å². The number of alkyl halides is 1. The van der Waals surface area contributed by atoms with Gasteiger partial charge < -0.3 is 9.47 Å². The summed E-state index contributed by atoms with van der Waals surface area (Å²) in [6, 6.07) is 9.10. The van der Waals surface area contributed by atoms with Crippen molar-refractivity contribution in [3.05, 3.63) is 82.8 Å². The molecule has 0 radical (unpaired) electrons. The van der Waals surface area contributed by atoms with Crippen LogP contribution < -0.4 is 10.2 Å². The van der Waals surface area contributed by atoms with Crippen molar-refractivity contribution in [2.45, 2.75) is 12.1 Å². The molecule has 4 heterocycles. The van der Waals surface area contributed by atoms with Gasteiger partial charge in [0.25, 0.3) is 0 Å². The van der Waals surface area contributed by atoms with Gasteiger partial charge in [0.1, 0.15) is 18.0 Å². The first-order valence-electron chi connectivity index (χ1n) is 10.4. The van der Waals surface area contributed by atoms with E-state index in [1.54, 1.807) is 21.8 Å². The van der Waals surface area contributed by atoms with E-state index in [-0.39, 0.29) is 25.2 Å². The second-order valence-corrected chi connectivity index (χ2v) is 8.00. The average molecular weight is 448 g/mol. The molecule has 1 aliphatic rings. The molecule has 33 heavy (non-hydrogen) atoms. The van der Waals surface area contributed by atoms with E-state index in [1.165, 1.54) is 18.5 Å². The first-order chi connectivity index (χ1) is 16.0. The number of nitrogens with zero attached hydrogens (tertiary/aromatic N) is 6. The van der Waals surface area contributed by atoms with E-state index in [4.69, 9.17) is 9.47 Å². The summed E-state index contributed by atoms with van der Waals surface area (Å²) in [7, 11) is 1.82. The second-order valence-electron chi connectivity index (χ2n) is 8.00. The lowest BCUT2D eigenvalue weighted by Crippen LogP contribution is -2.50. The smallest absolute Gasteiger partial charge is 0.203 e. The molecule has 4 aromatic rings. The molecule has 1 aliphatic heterocycles. The van der Waals surface area contributed by atoms with Crippen molar-refractivity contribution in [3.8, 4) is 22.8 Å². The van der Waals surface area contributed by atoms with Crippen LogP contribution in [0.5, 0.6) is 5.75 Å². The van der Waals surface area contributed by atoms with Gasteiger partial charge in [0.05, 0.1) is 38.0 Å². The third-order valence-electron chi connectivity index (χ3n) is 5.24. The summed E-state index contributed by atoms with van der Waals surface area (Å²) in [4.78, 5) is 21.1. The number of hydrogen-bond acceptors (Lipinski definition) is 7. The maximum absolute atomic E-state index is 14.0. The van der Waals surface area contributed by atoms with Crippen LogP contribution in [0.3, 0.4) is 0 Å². The van der Waals surface area contributed by atoms with Gasteiger partial charge in [-0.15, -0.1) is 0 Å². The molecule has 5 rings (SSSR count). The largest absolute Gasteiger partial charge is 0.487 e. The van der Waals surface area contributed by atoms with Crippen LogP contribution in [-0.2, 0) is 18.2 Å². The third kappa shape index (κ3) is 4.65. The van der Waals surface area contributed by atoms with Gasteiger partial charge in [0.15, 0.2) is 17.2 Å². The Labute approximate surface area is 188 Å². The Balaban J connectivity index is 1.32. The van der Waals surface area contributed by atoms with Crippen LogP contribution in [0.1, 0.15) is 11.3 Å². The number of rotatable bonds is 7. The van der Waals surface area contributed by atoms with Gasteiger partial charge in [0.2, 0.25) is 5.43 Å². The summed E-state index contributed by atoms with van der Waals surface area (Å²) in [6.45, 7) is -0.00350. The molecule has 0 bridgehead atoms. The maximum Gasteiger partial charge on any atom is 0.203 e. The summed E-state index contributed by atoms with van der Waals surface area (Å²) >= 11 is 0. The fourth-order valence-corrected chi connectivity index (χ4v) is 3.41. The van der Waals surface area contributed by atoms with Crippen molar-refractivity contribution in [1.29, 1.82) is 0 Å². The van der Waals surface area contributed by atoms with Gasteiger partial charge in [-0.25, -0.2) is 19.0 Å². The fourth-order valence-electron chi connectivity index (χ4n) is 3.41. The van der Waals surface area contributed by atoms with E-state index in [2.05, 4.69) is 20.2 Å². The molecule has 10 heteroatoms. The number of aromatic nitrogens is 6. The molecular weight excluding hydrogens is 427 g/mol. The van der Waals surface area contributed by atoms with Crippen LogP contribution in [0, 0.1) is 0 Å². The predicted molar refractivity (Wildman–Crippen MR) is 117 cm³/mol. The van der Waals surface area contributed by atoms with Gasteiger partial charge in [0, 0.05) is 31.3 Å². The lowest BCUT2D eigenvalue weighted by molar-refractivity contribution is -0.146. The first-order valence-corrected chi connectivity index (χ1v) is 10.4. The van der Waals surface area contributed by atoms with Crippen LogP contribution in [-0.4, -0.2) is 55.0 Å². The Kier molecular flexibility index (Phi) is 5.43. The molecule has 0 amide bonds. The lowest BCUT2D eigenvalue weighted by Gasteiger charge is -2.33. The highest BCUT2D eigenvalue weighted by molar-refractivity contribution is 5.56. The van der Waals surface area contributed by atoms with E-state index in [1.807, 2.05) is 37.5 Å². The van der Waals surface area contributed by atoms with Crippen molar-refractivity contribution in [3.63, 3.8) is 0 Å². The standard InChI is InChI=1S/C23H21FN6O3/c1-29-12-18(9-27-29)30-6-5-21(31)20(28-30)8-16-3-2-4-17(7-16)22-25-10-19(11-26-22)33-15-23(24)13-32-14-23/h2-7,9-12H,8,13-15H2,1H3. The minimum Gasteiger partial charge on any atom is -0.487 e. The Morgan fingerprint density at radius 1 is 1.18 bits per heavy atom. The molecule has 1 saturated heterocycles. The Morgan fingerprint density at radius 3 is 2.70 bits per heavy atom. The number of benzene rings is 1. The molecular formula is C23H21FN6O3. The zero-order valence-corrected chi connectivity index (χ0v) is 17.9. The second kappa shape index (κ2) is 8.55. The minimum absolute atomic E-state index is 0.0440. The van der Waals surface area contributed by atoms with Crippen molar-refractivity contribution in [1.82, 2.24) is 29.5 Å². The highest BCUT2D eigenvalue weighted by atomic mass is 19.1. The minimum atomic E-state index is -1.44. The van der Waals surface area contributed by atoms with E-state index in [0.29, 0.717) is 23.7 Å². The van der Waals surface area contributed by atoms with Crippen molar-refractivity contribution >= 4 is 0 Å². The normalized spacial score (nSPS) is 14.6. The van der Waals surface area contributed by atoms with Crippen LogP contribution in [0.25, 0.3) is 17.1 Å². The topological polar surface area (TPSA) is 97.0 Å². The van der Waals surface area contributed by atoms with Crippen molar-refractivity contribution in [2.24, 2.45) is 7.05 Å². The molecule has 1 aromatic carbocycles. The highest BCUT2D eigenvalue weighted by Gasteiger charge is 2.39. The van der Waals surface area contributed by atoms with Crippen LogP contribution in [0.2, 0.25) is 0 Å².